The minimum Gasteiger partial charge on any atom is -0.347 e. The number of hydrogen-bond donors (Lipinski definition) is 0. The lowest BCUT2D eigenvalue weighted by molar-refractivity contribution is 0.588. The molecule has 126 valence electrons. The highest BCUT2D eigenvalue weighted by molar-refractivity contribution is 7.90. The van der Waals surface area contributed by atoms with Crippen molar-refractivity contribution in [3.8, 4) is 11.4 Å². The second kappa shape index (κ2) is 5.60. The highest BCUT2D eigenvalue weighted by Gasteiger charge is 2.24. The Bertz CT molecular complexity index is 1170. The molecular formula is C19H17N3O2S. The van der Waals surface area contributed by atoms with E-state index >= 15 is 0 Å². The Morgan fingerprint density at radius 3 is 2.40 bits per heavy atom. The van der Waals surface area contributed by atoms with Crippen LogP contribution in [-0.4, -0.2) is 21.9 Å². The summed E-state index contributed by atoms with van der Waals surface area (Å²) in [6.45, 7) is 1.98. The predicted octanol–water partition coefficient (Wildman–Crippen LogP) is 3.59. The number of rotatable bonds is 3. The molecule has 0 bridgehead atoms. The number of nitrogens with zero attached hydrogens (tertiary/aromatic N) is 3. The van der Waals surface area contributed by atoms with Crippen LogP contribution in [0, 0.1) is 6.92 Å². The SMILES string of the molecule is Cc1c(-c2nccn2S(=O)(=O)c2ccccc2)c2ccccc2n1C. The third-order valence-corrected chi connectivity index (χ3v) is 6.21. The quantitative estimate of drug-likeness (QED) is 0.567. The lowest BCUT2D eigenvalue weighted by Gasteiger charge is -2.10. The Kier molecular flexibility index (Phi) is 3.51. The van der Waals surface area contributed by atoms with E-state index in [2.05, 4.69) is 9.55 Å². The molecule has 4 aromatic rings. The maximum Gasteiger partial charge on any atom is 0.269 e. The number of para-hydroxylation sites is 1. The van der Waals surface area contributed by atoms with E-state index in [0.717, 1.165) is 22.2 Å². The van der Waals surface area contributed by atoms with E-state index < -0.39 is 10.0 Å². The van der Waals surface area contributed by atoms with Gasteiger partial charge in [0, 0.05) is 41.6 Å². The van der Waals surface area contributed by atoms with Gasteiger partial charge in [-0.3, -0.25) is 0 Å². The van der Waals surface area contributed by atoms with Gasteiger partial charge in [-0.1, -0.05) is 36.4 Å². The van der Waals surface area contributed by atoms with Crippen molar-refractivity contribution in [3.05, 3.63) is 72.7 Å². The van der Waals surface area contributed by atoms with E-state index in [4.69, 9.17) is 0 Å². The van der Waals surface area contributed by atoms with Crippen molar-refractivity contribution in [2.45, 2.75) is 11.8 Å². The van der Waals surface area contributed by atoms with Crippen LogP contribution in [0.1, 0.15) is 5.69 Å². The van der Waals surface area contributed by atoms with E-state index in [9.17, 15) is 8.42 Å². The molecule has 0 aliphatic heterocycles. The lowest BCUT2D eigenvalue weighted by Crippen LogP contribution is -2.13. The summed E-state index contributed by atoms with van der Waals surface area (Å²) in [4.78, 5) is 4.62. The van der Waals surface area contributed by atoms with Gasteiger partial charge in [0.25, 0.3) is 10.0 Å². The summed E-state index contributed by atoms with van der Waals surface area (Å²) < 4.78 is 29.4. The van der Waals surface area contributed by atoms with Crippen LogP contribution >= 0.6 is 0 Å². The normalized spacial score (nSPS) is 11.9. The Hall–Kier alpha value is -2.86. The van der Waals surface area contributed by atoms with Crippen molar-refractivity contribution in [1.29, 1.82) is 0 Å². The van der Waals surface area contributed by atoms with Gasteiger partial charge < -0.3 is 4.57 Å². The fourth-order valence-electron chi connectivity index (χ4n) is 3.17. The molecule has 0 aliphatic carbocycles. The van der Waals surface area contributed by atoms with E-state index in [1.165, 1.54) is 16.4 Å². The Morgan fingerprint density at radius 2 is 1.64 bits per heavy atom. The molecule has 0 unspecified atom stereocenters. The minimum absolute atomic E-state index is 0.243. The first-order chi connectivity index (χ1) is 12.0. The average Bonchev–Trinajstić information content (AvgIpc) is 3.20. The summed E-state index contributed by atoms with van der Waals surface area (Å²) in [6, 6.07) is 16.3. The van der Waals surface area contributed by atoms with Gasteiger partial charge in [-0.25, -0.2) is 17.4 Å². The maximum absolute atomic E-state index is 13.1. The molecule has 4 rings (SSSR count). The molecule has 0 radical (unpaired) electrons. The lowest BCUT2D eigenvalue weighted by atomic mass is 10.1. The Morgan fingerprint density at radius 1 is 0.960 bits per heavy atom. The number of benzene rings is 2. The molecule has 6 heteroatoms. The van der Waals surface area contributed by atoms with Gasteiger partial charge in [-0.2, -0.15) is 0 Å². The monoisotopic (exact) mass is 351 g/mol. The fraction of sp³-hybridized carbons (Fsp3) is 0.105. The highest BCUT2D eigenvalue weighted by atomic mass is 32.2. The second-order valence-electron chi connectivity index (χ2n) is 5.90. The molecule has 2 heterocycles. The molecule has 0 atom stereocenters. The molecule has 2 aromatic heterocycles. The molecular weight excluding hydrogens is 334 g/mol. The Balaban J connectivity index is 2.00. The first-order valence-electron chi connectivity index (χ1n) is 7.90. The van der Waals surface area contributed by atoms with E-state index in [0.29, 0.717) is 5.82 Å². The molecule has 5 nitrogen and oxygen atoms in total. The standard InChI is InChI=1S/C19H17N3O2S/c1-14-18(16-10-6-7-11-17(16)21(14)2)19-20-12-13-22(19)25(23,24)15-8-4-3-5-9-15/h3-13H,1-2H3. The molecule has 0 aliphatic rings. The largest absolute Gasteiger partial charge is 0.347 e. The maximum atomic E-state index is 13.1. The van der Waals surface area contributed by atoms with Crippen LogP contribution in [0.15, 0.2) is 71.9 Å². The van der Waals surface area contributed by atoms with Crippen LogP contribution in [0.25, 0.3) is 22.3 Å². The van der Waals surface area contributed by atoms with Crippen molar-refractivity contribution in [1.82, 2.24) is 13.5 Å². The zero-order valence-electron chi connectivity index (χ0n) is 13.9. The van der Waals surface area contributed by atoms with Crippen LogP contribution in [0.5, 0.6) is 0 Å². The average molecular weight is 351 g/mol. The van der Waals surface area contributed by atoms with Gasteiger partial charge in [0.05, 0.1) is 4.90 Å². The third-order valence-electron chi connectivity index (χ3n) is 4.53. The number of aromatic nitrogens is 3. The summed E-state index contributed by atoms with van der Waals surface area (Å²) in [5.74, 6) is 0.429. The number of fused-ring (bicyclic) bond motifs is 1. The Labute approximate surface area is 146 Å². The molecule has 0 spiro atoms. The highest BCUT2D eigenvalue weighted by Crippen LogP contribution is 2.34. The van der Waals surface area contributed by atoms with Crippen molar-refractivity contribution in [3.63, 3.8) is 0 Å². The second-order valence-corrected chi connectivity index (χ2v) is 7.72. The molecule has 25 heavy (non-hydrogen) atoms. The number of imidazole rings is 1. The van der Waals surface area contributed by atoms with Crippen LogP contribution in [0.2, 0.25) is 0 Å². The van der Waals surface area contributed by atoms with Gasteiger partial charge in [0.2, 0.25) is 0 Å². The van der Waals surface area contributed by atoms with Gasteiger partial charge >= 0.3 is 0 Å². The zero-order valence-corrected chi connectivity index (χ0v) is 14.7. The first kappa shape index (κ1) is 15.7. The third kappa shape index (κ3) is 2.29. The van der Waals surface area contributed by atoms with E-state index in [1.807, 2.05) is 38.2 Å². The van der Waals surface area contributed by atoms with Crippen LogP contribution in [0.4, 0.5) is 0 Å². The van der Waals surface area contributed by atoms with Crippen LogP contribution in [-0.2, 0) is 17.1 Å². The summed E-state index contributed by atoms with van der Waals surface area (Å²) in [5, 5.41) is 0.984. The molecule has 0 saturated heterocycles. The van der Waals surface area contributed by atoms with Crippen molar-refractivity contribution in [2.75, 3.05) is 0 Å². The molecule has 2 aromatic carbocycles. The topological polar surface area (TPSA) is 56.9 Å². The molecule has 0 amide bonds. The summed E-state index contributed by atoms with van der Waals surface area (Å²) in [7, 11) is -1.73. The summed E-state index contributed by atoms with van der Waals surface area (Å²) >= 11 is 0. The van der Waals surface area contributed by atoms with Gasteiger partial charge in [-0.05, 0) is 25.1 Å². The van der Waals surface area contributed by atoms with Gasteiger partial charge in [0.15, 0.2) is 5.82 Å². The molecule has 0 fully saturated rings. The summed E-state index contributed by atoms with van der Waals surface area (Å²) in [5.41, 5.74) is 2.85. The van der Waals surface area contributed by atoms with E-state index in [1.54, 1.807) is 30.3 Å². The van der Waals surface area contributed by atoms with Crippen LogP contribution < -0.4 is 0 Å². The number of hydrogen-bond acceptors (Lipinski definition) is 3. The van der Waals surface area contributed by atoms with Crippen molar-refractivity contribution >= 4 is 20.9 Å². The fourth-order valence-corrected chi connectivity index (χ4v) is 4.48. The first-order valence-corrected chi connectivity index (χ1v) is 9.34. The smallest absolute Gasteiger partial charge is 0.269 e. The number of aryl methyl sites for hydroxylation is 1. The van der Waals surface area contributed by atoms with Crippen LogP contribution in [0.3, 0.4) is 0 Å². The minimum atomic E-state index is -3.71. The van der Waals surface area contributed by atoms with Crippen molar-refractivity contribution < 1.29 is 8.42 Å². The van der Waals surface area contributed by atoms with E-state index in [-0.39, 0.29) is 4.90 Å². The molecule has 0 N–H and O–H groups in total. The zero-order chi connectivity index (χ0) is 17.6. The molecule has 0 saturated carbocycles. The van der Waals surface area contributed by atoms with Gasteiger partial charge in [-0.15, -0.1) is 0 Å². The summed E-state index contributed by atoms with van der Waals surface area (Å²) in [6.07, 6.45) is 3.02. The van der Waals surface area contributed by atoms with Crippen molar-refractivity contribution in [2.24, 2.45) is 7.05 Å². The predicted molar refractivity (Wildman–Crippen MR) is 97.9 cm³/mol. The van der Waals surface area contributed by atoms with Gasteiger partial charge in [0.1, 0.15) is 0 Å².